The molecule has 6 nitrogen and oxygen atoms in total. The highest BCUT2D eigenvalue weighted by Crippen LogP contribution is 2.27. The molecule has 0 amide bonds. The van der Waals surface area contributed by atoms with Gasteiger partial charge < -0.3 is 0 Å². The number of nitro groups is 1. The molecule has 25 heavy (non-hydrogen) atoms. The Hall–Kier alpha value is -3.54. The van der Waals surface area contributed by atoms with E-state index in [1.807, 2.05) is 60.7 Å². The van der Waals surface area contributed by atoms with Crippen LogP contribution in [0.25, 0.3) is 11.0 Å². The lowest BCUT2D eigenvalue weighted by Crippen LogP contribution is -2.15. The highest BCUT2D eigenvalue weighted by molar-refractivity contribution is 5.76. The smallest absolute Gasteiger partial charge is 0.258 e. The Labute approximate surface area is 143 Å². The molecule has 6 heteroatoms. The molecule has 0 aliphatic heterocycles. The molecular weight excluding hydrogens is 316 g/mol. The first-order valence-corrected chi connectivity index (χ1v) is 7.83. The van der Waals surface area contributed by atoms with Crippen LogP contribution >= 0.6 is 0 Å². The first-order chi connectivity index (χ1) is 12.2. The Bertz CT molecular complexity index is 990. The number of nitrogens with zero attached hydrogens (tertiary/aromatic N) is 4. The van der Waals surface area contributed by atoms with E-state index in [0.717, 1.165) is 11.1 Å². The van der Waals surface area contributed by atoms with Crippen LogP contribution in [0.15, 0.2) is 78.9 Å². The van der Waals surface area contributed by atoms with E-state index in [9.17, 15) is 10.1 Å². The maximum Gasteiger partial charge on any atom is 0.271 e. The zero-order valence-corrected chi connectivity index (χ0v) is 13.2. The Morgan fingerprint density at radius 3 is 1.92 bits per heavy atom. The second-order valence-electron chi connectivity index (χ2n) is 5.67. The molecule has 4 rings (SSSR count). The number of fused-ring (bicyclic) bond motifs is 1. The summed E-state index contributed by atoms with van der Waals surface area (Å²) in [6.45, 7) is 0. The summed E-state index contributed by atoms with van der Waals surface area (Å²) in [5, 5.41) is 20.0. The highest BCUT2D eigenvalue weighted by Gasteiger charge is 2.20. The Morgan fingerprint density at radius 1 is 0.800 bits per heavy atom. The van der Waals surface area contributed by atoms with E-state index >= 15 is 0 Å². The van der Waals surface area contributed by atoms with E-state index in [0.29, 0.717) is 11.0 Å². The summed E-state index contributed by atoms with van der Waals surface area (Å²) < 4.78 is 0. The Kier molecular flexibility index (Phi) is 3.70. The summed E-state index contributed by atoms with van der Waals surface area (Å²) in [7, 11) is 0. The third-order valence-corrected chi connectivity index (χ3v) is 4.05. The normalized spacial score (nSPS) is 11.1. The van der Waals surface area contributed by atoms with Gasteiger partial charge in [-0.05, 0) is 17.2 Å². The molecule has 0 aliphatic carbocycles. The molecule has 122 valence electrons. The molecule has 0 bridgehead atoms. The van der Waals surface area contributed by atoms with Crippen molar-refractivity contribution in [1.29, 1.82) is 0 Å². The fourth-order valence-electron chi connectivity index (χ4n) is 2.88. The second kappa shape index (κ2) is 6.16. The van der Waals surface area contributed by atoms with Crippen LogP contribution in [-0.4, -0.2) is 19.9 Å². The first-order valence-electron chi connectivity index (χ1n) is 7.83. The van der Waals surface area contributed by atoms with Gasteiger partial charge in [-0.15, -0.1) is 0 Å². The number of non-ortho nitro benzene ring substituents is 1. The van der Waals surface area contributed by atoms with Gasteiger partial charge in [0.25, 0.3) is 5.69 Å². The van der Waals surface area contributed by atoms with Crippen molar-refractivity contribution in [3.63, 3.8) is 0 Å². The highest BCUT2D eigenvalue weighted by atomic mass is 16.6. The van der Waals surface area contributed by atoms with Crippen LogP contribution < -0.4 is 0 Å². The molecule has 0 saturated carbocycles. The number of aromatic nitrogens is 3. The number of nitro benzene ring substituents is 1. The van der Waals surface area contributed by atoms with Crippen molar-refractivity contribution in [3.8, 4) is 0 Å². The number of hydrogen-bond acceptors (Lipinski definition) is 4. The minimum atomic E-state index is -0.426. The maximum atomic E-state index is 11.0. The molecule has 1 heterocycles. The average Bonchev–Trinajstić information content (AvgIpc) is 3.06. The van der Waals surface area contributed by atoms with Gasteiger partial charge in [-0.1, -0.05) is 60.7 Å². The molecular formula is C19H14N4O2. The van der Waals surface area contributed by atoms with Crippen molar-refractivity contribution in [1.82, 2.24) is 15.0 Å². The van der Waals surface area contributed by atoms with Crippen LogP contribution in [-0.2, 0) is 0 Å². The van der Waals surface area contributed by atoms with Crippen molar-refractivity contribution in [2.45, 2.75) is 6.04 Å². The molecule has 0 radical (unpaired) electrons. The second-order valence-corrected chi connectivity index (χ2v) is 5.67. The summed E-state index contributed by atoms with van der Waals surface area (Å²) in [5.41, 5.74) is 3.23. The van der Waals surface area contributed by atoms with Crippen molar-refractivity contribution < 1.29 is 4.92 Å². The van der Waals surface area contributed by atoms with E-state index in [4.69, 9.17) is 0 Å². The average molecular weight is 330 g/mol. The lowest BCUT2D eigenvalue weighted by Gasteiger charge is -2.17. The lowest BCUT2D eigenvalue weighted by atomic mass is 9.99. The first kappa shape index (κ1) is 15.0. The van der Waals surface area contributed by atoms with Crippen molar-refractivity contribution >= 4 is 16.7 Å². The quantitative estimate of drug-likeness (QED) is 0.419. The van der Waals surface area contributed by atoms with Crippen molar-refractivity contribution in [3.05, 3.63) is 100 Å². The number of rotatable bonds is 4. The van der Waals surface area contributed by atoms with Gasteiger partial charge in [0, 0.05) is 12.1 Å². The zero-order valence-electron chi connectivity index (χ0n) is 13.2. The molecule has 0 spiro atoms. The fourth-order valence-corrected chi connectivity index (χ4v) is 2.88. The minimum absolute atomic E-state index is 0.00974. The van der Waals surface area contributed by atoms with Gasteiger partial charge in [0.2, 0.25) is 0 Å². The van der Waals surface area contributed by atoms with Gasteiger partial charge >= 0.3 is 0 Å². The fraction of sp³-hybridized carbons (Fsp3) is 0.0526. The van der Waals surface area contributed by atoms with Gasteiger partial charge in [0.1, 0.15) is 17.1 Å². The summed E-state index contributed by atoms with van der Waals surface area (Å²) in [4.78, 5) is 12.2. The van der Waals surface area contributed by atoms with Crippen LogP contribution in [0.2, 0.25) is 0 Å². The third-order valence-electron chi connectivity index (χ3n) is 4.05. The van der Waals surface area contributed by atoms with Gasteiger partial charge in [0.15, 0.2) is 0 Å². The summed E-state index contributed by atoms with van der Waals surface area (Å²) >= 11 is 0. The third kappa shape index (κ3) is 2.85. The predicted molar refractivity (Wildman–Crippen MR) is 94.3 cm³/mol. The molecule has 1 aromatic heterocycles. The predicted octanol–water partition coefficient (Wildman–Crippen LogP) is 3.98. The molecule has 0 unspecified atom stereocenters. The largest absolute Gasteiger partial charge is 0.271 e. The van der Waals surface area contributed by atoms with Gasteiger partial charge in [-0.25, -0.2) is 0 Å². The minimum Gasteiger partial charge on any atom is -0.258 e. The van der Waals surface area contributed by atoms with Gasteiger partial charge in [-0.2, -0.15) is 15.0 Å². The summed E-state index contributed by atoms with van der Waals surface area (Å²) in [5.74, 6) is 0. The molecule has 0 saturated heterocycles. The van der Waals surface area contributed by atoms with Gasteiger partial charge in [0.05, 0.1) is 4.92 Å². The van der Waals surface area contributed by atoms with Crippen LogP contribution in [0.1, 0.15) is 17.2 Å². The maximum absolute atomic E-state index is 11.0. The Balaban J connectivity index is 1.87. The lowest BCUT2D eigenvalue weighted by molar-refractivity contribution is -0.384. The van der Waals surface area contributed by atoms with E-state index in [-0.39, 0.29) is 11.7 Å². The molecule has 0 aliphatic rings. The summed E-state index contributed by atoms with van der Waals surface area (Å²) in [6, 6.07) is 24.2. The summed E-state index contributed by atoms with van der Waals surface area (Å²) in [6.07, 6.45) is 0. The van der Waals surface area contributed by atoms with E-state index in [1.54, 1.807) is 10.9 Å². The standard InChI is InChI=1S/C19H14N4O2/c24-23(25)16-11-12-17-18(13-16)21-22(20-17)19(14-7-3-1-4-8-14)15-9-5-2-6-10-15/h1-13,19H. The monoisotopic (exact) mass is 330 g/mol. The molecule has 0 fully saturated rings. The van der Waals surface area contributed by atoms with Gasteiger partial charge in [-0.3, -0.25) is 10.1 Å². The zero-order chi connectivity index (χ0) is 17.2. The van der Waals surface area contributed by atoms with Crippen molar-refractivity contribution in [2.75, 3.05) is 0 Å². The van der Waals surface area contributed by atoms with E-state index < -0.39 is 4.92 Å². The van der Waals surface area contributed by atoms with Crippen LogP contribution in [0.3, 0.4) is 0 Å². The molecule has 4 aromatic rings. The van der Waals surface area contributed by atoms with Crippen LogP contribution in [0, 0.1) is 10.1 Å². The molecule has 3 aromatic carbocycles. The molecule has 0 atom stereocenters. The molecule has 0 N–H and O–H groups in total. The number of benzene rings is 3. The van der Waals surface area contributed by atoms with Crippen LogP contribution in [0.4, 0.5) is 5.69 Å². The van der Waals surface area contributed by atoms with E-state index in [1.165, 1.54) is 12.1 Å². The van der Waals surface area contributed by atoms with Crippen molar-refractivity contribution in [2.24, 2.45) is 0 Å². The van der Waals surface area contributed by atoms with Crippen LogP contribution in [0.5, 0.6) is 0 Å². The Morgan fingerprint density at radius 2 is 1.36 bits per heavy atom. The number of hydrogen-bond donors (Lipinski definition) is 0. The van der Waals surface area contributed by atoms with E-state index in [2.05, 4.69) is 10.2 Å². The topological polar surface area (TPSA) is 73.8 Å². The SMILES string of the molecule is O=[N+]([O-])c1ccc2nn(C(c3ccccc3)c3ccccc3)nc2c1.